The molecule has 1 aromatic heterocycles. The Bertz CT molecular complexity index is 1130. The SMILES string of the molecule is COc1ccc2sc(N(Cc3ccccc3)C(=O)c3ccccc3Cl)nc2c1. The van der Waals surface area contributed by atoms with Crippen LogP contribution in [0.4, 0.5) is 5.13 Å². The van der Waals surface area contributed by atoms with E-state index in [1.807, 2.05) is 60.7 Å². The van der Waals surface area contributed by atoms with Gasteiger partial charge in [-0.1, -0.05) is 65.4 Å². The maximum Gasteiger partial charge on any atom is 0.261 e. The first kappa shape index (κ1) is 18.5. The van der Waals surface area contributed by atoms with Crippen LogP contribution in [0, 0.1) is 0 Å². The first-order valence-electron chi connectivity index (χ1n) is 8.70. The molecule has 0 saturated heterocycles. The van der Waals surface area contributed by atoms with Crippen molar-refractivity contribution in [3.63, 3.8) is 0 Å². The number of rotatable bonds is 5. The van der Waals surface area contributed by atoms with Gasteiger partial charge in [-0.3, -0.25) is 9.69 Å². The number of fused-ring (bicyclic) bond motifs is 1. The summed E-state index contributed by atoms with van der Waals surface area (Å²) in [6.07, 6.45) is 0. The van der Waals surface area contributed by atoms with Crippen LogP contribution < -0.4 is 9.64 Å². The molecule has 4 rings (SSSR count). The number of benzene rings is 3. The van der Waals surface area contributed by atoms with E-state index in [0.29, 0.717) is 22.3 Å². The average molecular weight is 409 g/mol. The lowest BCUT2D eigenvalue weighted by Gasteiger charge is -2.20. The summed E-state index contributed by atoms with van der Waals surface area (Å²) in [6.45, 7) is 0.405. The predicted molar refractivity (Wildman–Crippen MR) is 115 cm³/mol. The average Bonchev–Trinajstić information content (AvgIpc) is 3.15. The van der Waals surface area contributed by atoms with Crippen molar-refractivity contribution < 1.29 is 9.53 Å². The van der Waals surface area contributed by atoms with Gasteiger partial charge >= 0.3 is 0 Å². The Hall–Kier alpha value is -2.89. The number of hydrogen-bond acceptors (Lipinski definition) is 4. The molecular formula is C22H17ClN2O2S. The van der Waals surface area contributed by atoms with Crippen LogP contribution >= 0.6 is 22.9 Å². The van der Waals surface area contributed by atoms with E-state index in [2.05, 4.69) is 0 Å². The third-order valence-electron chi connectivity index (χ3n) is 4.35. The van der Waals surface area contributed by atoms with Crippen molar-refractivity contribution in [3.05, 3.63) is 88.9 Å². The number of methoxy groups -OCH3 is 1. The molecule has 3 aromatic carbocycles. The van der Waals surface area contributed by atoms with E-state index in [1.165, 1.54) is 11.3 Å². The Balaban J connectivity index is 1.78. The molecule has 0 aliphatic carbocycles. The molecule has 4 nitrogen and oxygen atoms in total. The van der Waals surface area contributed by atoms with Crippen molar-refractivity contribution in [2.45, 2.75) is 6.54 Å². The molecule has 1 heterocycles. The molecule has 0 spiro atoms. The van der Waals surface area contributed by atoms with E-state index in [1.54, 1.807) is 24.1 Å². The van der Waals surface area contributed by atoms with Crippen molar-refractivity contribution >= 4 is 44.2 Å². The second-order valence-corrected chi connectivity index (χ2v) is 7.60. The highest BCUT2D eigenvalue weighted by molar-refractivity contribution is 7.22. The first-order valence-corrected chi connectivity index (χ1v) is 9.90. The standard InChI is InChI=1S/C22H17ClN2O2S/c1-27-16-11-12-20-19(13-16)24-22(28-20)25(14-15-7-3-2-4-8-15)21(26)17-9-5-6-10-18(17)23/h2-13H,14H2,1H3. The third kappa shape index (κ3) is 3.72. The maximum absolute atomic E-state index is 13.4. The van der Waals surface area contributed by atoms with Crippen LogP contribution in [0.3, 0.4) is 0 Å². The number of nitrogens with zero attached hydrogens (tertiary/aromatic N) is 2. The minimum absolute atomic E-state index is 0.180. The number of carbonyl (C=O) groups is 1. The van der Waals surface area contributed by atoms with E-state index in [0.717, 1.165) is 21.5 Å². The summed E-state index contributed by atoms with van der Waals surface area (Å²) < 4.78 is 6.27. The van der Waals surface area contributed by atoms with Gasteiger partial charge in [-0.15, -0.1) is 0 Å². The van der Waals surface area contributed by atoms with E-state index in [4.69, 9.17) is 21.3 Å². The van der Waals surface area contributed by atoms with Crippen LogP contribution in [0.25, 0.3) is 10.2 Å². The molecule has 0 N–H and O–H groups in total. The van der Waals surface area contributed by atoms with Gasteiger partial charge in [0.1, 0.15) is 5.75 Å². The Morgan fingerprint density at radius 2 is 1.82 bits per heavy atom. The Morgan fingerprint density at radius 1 is 1.07 bits per heavy atom. The molecule has 28 heavy (non-hydrogen) atoms. The normalized spacial score (nSPS) is 10.8. The van der Waals surface area contributed by atoms with Gasteiger partial charge in [0, 0.05) is 6.07 Å². The Labute approximate surface area is 172 Å². The molecule has 0 radical (unpaired) electrons. The van der Waals surface area contributed by atoms with Crippen LogP contribution in [0.2, 0.25) is 5.02 Å². The van der Waals surface area contributed by atoms with Crippen LogP contribution in [-0.4, -0.2) is 18.0 Å². The van der Waals surface area contributed by atoms with Crippen LogP contribution in [0.1, 0.15) is 15.9 Å². The van der Waals surface area contributed by atoms with Gasteiger partial charge in [0.25, 0.3) is 5.91 Å². The number of anilines is 1. The van der Waals surface area contributed by atoms with Crippen molar-refractivity contribution in [2.24, 2.45) is 0 Å². The van der Waals surface area contributed by atoms with E-state index in [9.17, 15) is 4.79 Å². The van der Waals surface area contributed by atoms with Crippen LogP contribution in [0.15, 0.2) is 72.8 Å². The summed E-state index contributed by atoms with van der Waals surface area (Å²) in [6, 6.07) is 22.6. The lowest BCUT2D eigenvalue weighted by molar-refractivity contribution is 0.0985. The van der Waals surface area contributed by atoms with Crippen molar-refractivity contribution in [3.8, 4) is 5.75 Å². The molecule has 0 bridgehead atoms. The highest BCUT2D eigenvalue weighted by atomic mass is 35.5. The highest BCUT2D eigenvalue weighted by Gasteiger charge is 2.23. The number of carbonyl (C=O) groups excluding carboxylic acids is 1. The van der Waals surface area contributed by atoms with Gasteiger partial charge < -0.3 is 4.74 Å². The van der Waals surface area contributed by atoms with E-state index < -0.39 is 0 Å². The van der Waals surface area contributed by atoms with Gasteiger partial charge in [0.15, 0.2) is 5.13 Å². The summed E-state index contributed by atoms with van der Waals surface area (Å²) in [7, 11) is 1.62. The third-order valence-corrected chi connectivity index (χ3v) is 5.74. The zero-order valence-corrected chi connectivity index (χ0v) is 16.7. The van der Waals surface area contributed by atoms with Crippen molar-refractivity contribution in [2.75, 3.05) is 12.0 Å². The molecule has 0 atom stereocenters. The maximum atomic E-state index is 13.4. The Kier molecular flexibility index (Phi) is 5.28. The number of hydrogen-bond donors (Lipinski definition) is 0. The topological polar surface area (TPSA) is 42.4 Å². The fourth-order valence-electron chi connectivity index (χ4n) is 2.91. The summed E-state index contributed by atoms with van der Waals surface area (Å²) in [4.78, 5) is 19.7. The lowest BCUT2D eigenvalue weighted by atomic mass is 10.1. The minimum atomic E-state index is -0.180. The molecule has 1 amide bonds. The van der Waals surface area contributed by atoms with Crippen molar-refractivity contribution in [1.82, 2.24) is 4.98 Å². The molecule has 0 fully saturated rings. The summed E-state index contributed by atoms with van der Waals surface area (Å²) >= 11 is 7.76. The molecule has 0 aliphatic rings. The van der Waals surface area contributed by atoms with Gasteiger partial charge in [0.05, 0.1) is 34.5 Å². The van der Waals surface area contributed by atoms with Gasteiger partial charge in [-0.2, -0.15) is 0 Å². The smallest absolute Gasteiger partial charge is 0.261 e. The molecule has 0 unspecified atom stereocenters. The Morgan fingerprint density at radius 3 is 2.57 bits per heavy atom. The summed E-state index contributed by atoms with van der Waals surface area (Å²) in [5.41, 5.74) is 2.26. The summed E-state index contributed by atoms with van der Waals surface area (Å²) in [5.74, 6) is 0.553. The number of thiazole rings is 1. The first-order chi connectivity index (χ1) is 13.7. The predicted octanol–water partition coefficient (Wildman–Crippen LogP) is 5.81. The van der Waals surface area contributed by atoms with Crippen molar-refractivity contribution in [1.29, 1.82) is 0 Å². The molecule has 0 aliphatic heterocycles. The largest absolute Gasteiger partial charge is 0.497 e. The molecule has 140 valence electrons. The number of halogens is 1. The fraction of sp³-hybridized carbons (Fsp3) is 0.0909. The number of amides is 1. The van der Waals surface area contributed by atoms with E-state index >= 15 is 0 Å². The minimum Gasteiger partial charge on any atom is -0.497 e. The monoisotopic (exact) mass is 408 g/mol. The van der Waals surface area contributed by atoms with Gasteiger partial charge in [-0.25, -0.2) is 4.98 Å². The molecule has 4 aromatic rings. The molecule has 6 heteroatoms. The fourth-order valence-corrected chi connectivity index (χ4v) is 4.07. The van der Waals surface area contributed by atoms with Crippen LogP contribution in [0.5, 0.6) is 5.75 Å². The molecule has 0 saturated carbocycles. The van der Waals surface area contributed by atoms with Crippen LogP contribution in [-0.2, 0) is 6.54 Å². The number of aromatic nitrogens is 1. The van der Waals surface area contributed by atoms with Gasteiger partial charge in [-0.05, 0) is 29.8 Å². The lowest BCUT2D eigenvalue weighted by Crippen LogP contribution is -2.30. The molecular weight excluding hydrogens is 392 g/mol. The van der Waals surface area contributed by atoms with Gasteiger partial charge in [0.2, 0.25) is 0 Å². The number of ether oxygens (including phenoxy) is 1. The summed E-state index contributed by atoms with van der Waals surface area (Å²) in [5, 5.41) is 1.05. The second-order valence-electron chi connectivity index (χ2n) is 6.19. The highest BCUT2D eigenvalue weighted by Crippen LogP contribution is 2.33. The zero-order chi connectivity index (χ0) is 19.5. The van der Waals surface area contributed by atoms with E-state index in [-0.39, 0.29) is 5.91 Å². The second kappa shape index (κ2) is 8.00. The zero-order valence-electron chi connectivity index (χ0n) is 15.1. The quantitative estimate of drug-likeness (QED) is 0.418.